The molecule has 0 spiro atoms. The van der Waals surface area contributed by atoms with Crippen molar-refractivity contribution < 1.29 is 32.3 Å². The zero-order valence-electron chi connectivity index (χ0n) is 19.7. The standard InChI is InChI=1S/C24H29F4N5O3/c25-18-14-19(16(23(35)36)13-17(18)24(26,27)28)30-22(34)20-7-8-21(31-12-9-29-15-31)33-11-6-4-2-1-3-5-10-32(20)33/h9,12-15,20-21H,1-8,10-11H2,(H,30,34)(H,35,36). The number of carbonyl (C=O) groups is 2. The van der Waals surface area contributed by atoms with Crippen LogP contribution in [0, 0.1) is 5.82 Å². The number of carboxylic acid groups (broad SMARTS) is 1. The van der Waals surface area contributed by atoms with Gasteiger partial charge in [-0.25, -0.2) is 24.2 Å². The molecule has 0 aliphatic carbocycles. The summed E-state index contributed by atoms with van der Waals surface area (Å²) >= 11 is 0. The monoisotopic (exact) mass is 511 g/mol. The topological polar surface area (TPSA) is 90.7 Å². The molecule has 2 aliphatic heterocycles. The van der Waals surface area contributed by atoms with Gasteiger partial charge in [-0.2, -0.15) is 13.2 Å². The van der Waals surface area contributed by atoms with Crippen LogP contribution in [0.2, 0.25) is 0 Å². The van der Waals surface area contributed by atoms with Gasteiger partial charge in [-0.1, -0.05) is 25.7 Å². The van der Waals surface area contributed by atoms with E-state index >= 15 is 0 Å². The molecule has 4 rings (SSSR count). The lowest BCUT2D eigenvalue weighted by Gasteiger charge is -2.48. The first-order valence-corrected chi connectivity index (χ1v) is 12.1. The van der Waals surface area contributed by atoms with Crippen LogP contribution < -0.4 is 5.32 Å². The minimum atomic E-state index is -5.06. The Balaban J connectivity index is 1.62. The Hall–Kier alpha value is -2.99. The predicted molar refractivity (Wildman–Crippen MR) is 122 cm³/mol. The number of fused-ring (bicyclic) bond motifs is 1. The molecule has 2 saturated heterocycles. The second-order valence-corrected chi connectivity index (χ2v) is 9.20. The number of aromatic nitrogens is 2. The third-order valence-corrected chi connectivity index (χ3v) is 6.83. The quantitative estimate of drug-likeness (QED) is 0.567. The van der Waals surface area contributed by atoms with Crippen LogP contribution >= 0.6 is 0 Å². The molecule has 0 radical (unpaired) electrons. The van der Waals surface area contributed by atoms with Crippen LogP contribution in [0.1, 0.15) is 73.5 Å². The molecule has 0 saturated carbocycles. The van der Waals surface area contributed by atoms with Crippen molar-refractivity contribution in [2.75, 3.05) is 18.4 Å². The fourth-order valence-corrected chi connectivity index (χ4v) is 5.07. The molecule has 2 fully saturated rings. The number of benzene rings is 1. The molecule has 2 N–H and O–H groups in total. The highest BCUT2D eigenvalue weighted by molar-refractivity contribution is 6.02. The number of rotatable bonds is 4. The van der Waals surface area contributed by atoms with Gasteiger partial charge in [0, 0.05) is 25.5 Å². The van der Waals surface area contributed by atoms with E-state index < -0.39 is 46.7 Å². The average Bonchev–Trinajstić information content (AvgIpc) is 3.35. The highest BCUT2D eigenvalue weighted by atomic mass is 19.4. The molecule has 12 heteroatoms. The van der Waals surface area contributed by atoms with Crippen LogP contribution in [0.15, 0.2) is 30.9 Å². The lowest BCUT2D eigenvalue weighted by atomic mass is 10.0. The number of hydrazine groups is 1. The number of nitrogens with zero attached hydrogens (tertiary/aromatic N) is 4. The minimum Gasteiger partial charge on any atom is -0.478 e. The summed E-state index contributed by atoms with van der Waals surface area (Å²) in [6.45, 7) is 1.30. The molecule has 2 aromatic rings. The number of aromatic carboxylic acids is 1. The summed E-state index contributed by atoms with van der Waals surface area (Å²) in [5, 5.41) is 16.0. The van der Waals surface area contributed by atoms with Crippen molar-refractivity contribution in [2.24, 2.45) is 0 Å². The number of halogens is 4. The van der Waals surface area contributed by atoms with Crippen molar-refractivity contribution in [1.82, 2.24) is 19.6 Å². The smallest absolute Gasteiger partial charge is 0.419 e. The van der Waals surface area contributed by atoms with Gasteiger partial charge in [0.2, 0.25) is 5.91 Å². The highest BCUT2D eigenvalue weighted by Crippen LogP contribution is 2.36. The molecule has 1 amide bonds. The van der Waals surface area contributed by atoms with E-state index in [1.54, 1.807) is 12.5 Å². The maximum Gasteiger partial charge on any atom is 0.419 e. The molecule has 3 heterocycles. The normalized spacial score (nSPS) is 22.6. The SMILES string of the molecule is O=C(O)c1cc(C(F)(F)F)c(F)cc1NC(=O)C1CCC(n2ccnc2)N2CCCCCCCCN12. The van der Waals surface area contributed by atoms with Gasteiger partial charge in [0.1, 0.15) is 18.0 Å². The summed E-state index contributed by atoms with van der Waals surface area (Å²) in [6.07, 6.45) is 7.30. The Kier molecular flexibility index (Phi) is 7.94. The summed E-state index contributed by atoms with van der Waals surface area (Å²) in [4.78, 5) is 29.2. The molecule has 0 bridgehead atoms. The third kappa shape index (κ3) is 5.70. The van der Waals surface area contributed by atoms with E-state index in [1.807, 2.05) is 15.8 Å². The van der Waals surface area contributed by atoms with Crippen molar-refractivity contribution in [3.05, 3.63) is 47.8 Å². The van der Waals surface area contributed by atoms with Gasteiger partial charge >= 0.3 is 12.1 Å². The van der Waals surface area contributed by atoms with E-state index in [4.69, 9.17) is 0 Å². The number of anilines is 1. The fourth-order valence-electron chi connectivity index (χ4n) is 5.07. The Morgan fingerprint density at radius 1 is 1.00 bits per heavy atom. The molecule has 1 aromatic carbocycles. The molecule has 2 aliphatic rings. The molecule has 1 aromatic heterocycles. The number of hydrogen-bond acceptors (Lipinski definition) is 5. The van der Waals surface area contributed by atoms with Crippen LogP contribution in [-0.4, -0.2) is 55.7 Å². The molecular formula is C24H29F4N5O3. The van der Waals surface area contributed by atoms with Gasteiger partial charge in [0.25, 0.3) is 0 Å². The summed E-state index contributed by atoms with van der Waals surface area (Å²) < 4.78 is 55.6. The Bertz CT molecular complexity index is 1080. The summed E-state index contributed by atoms with van der Waals surface area (Å²) in [6, 6.07) is -0.0303. The molecule has 196 valence electrons. The van der Waals surface area contributed by atoms with Crippen LogP contribution in [0.5, 0.6) is 0 Å². The lowest BCUT2D eigenvalue weighted by molar-refractivity contribution is -0.162. The van der Waals surface area contributed by atoms with E-state index in [0.717, 1.165) is 38.5 Å². The van der Waals surface area contributed by atoms with Crippen LogP contribution in [0.3, 0.4) is 0 Å². The number of nitrogens with one attached hydrogen (secondary N) is 1. The Labute approximate surface area is 205 Å². The van der Waals surface area contributed by atoms with Gasteiger partial charge < -0.3 is 15.0 Å². The van der Waals surface area contributed by atoms with Crippen LogP contribution in [0.4, 0.5) is 23.2 Å². The zero-order valence-corrected chi connectivity index (χ0v) is 19.7. The molecule has 2 atom stereocenters. The second kappa shape index (κ2) is 11.0. The first kappa shape index (κ1) is 26.1. The number of alkyl halides is 3. The number of hydrogen-bond donors (Lipinski definition) is 2. The summed E-state index contributed by atoms with van der Waals surface area (Å²) in [5.74, 6) is -3.92. The van der Waals surface area contributed by atoms with E-state index in [1.165, 1.54) is 0 Å². The number of carbonyl (C=O) groups excluding carboxylic acids is 1. The van der Waals surface area contributed by atoms with Gasteiger partial charge in [0.15, 0.2) is 0 Å². The summed E-state index contributed by atoms with van der Waals surface area (Å²) in [5.41, 5.74) is -3.01. The number of amides is 1. The van der Waals surface area contributed by atoms with Crippen molar-refractivity contribution in [3.8, 4) is 0 Å². The minimum absolute atomic E-state index is 0.0472. The fraction of sp³-hybridized carbons (Fsp3) is 0.542. The Morgan fingerprint density at radius 2 is 1.67 bits per heavy atom. The van der Waals surface area contributed by atoms with E-state index in [0.29, 0.717) is 32.0 Å². The third-order valence-electron chi connectivity index (χ3n) is 6.83. The average molecular weight is 512 g/mol. The largest absolute Gasteiger partial charge is 0.478 e. The van der Waals surface area contributed by atoms with Crippen molar-refractivity contribution >= 4 is 17.6 Å². The number of imidazole rings is 1. The maximum absolute atomic E-state index is 14.3. The second-order valence-electron chi connectivity index (χ2n) is 9.20. The predicted octanol–water partition coefficient (Wildman–Crippen LogP) is 4.91. The van der Waals surface area contributed by atoms with Crippen molar-refractivity contribution in [1.29, 1.82) is 0 Å². The van der Waals surface area contributed by atoms with Gasteiger partial charge in [-0.3, -0.25) is 4.79 Å². The summed E-state index contributed by atoms with van der Waals surface area (Å²) in [7, 11) is 0. The number of carboxylic acids is 1. The van der Waals surface area contributed by atoms with E-state index in [2.05, 4.69) is 15.3 Å². The highest BCUT2D eigenvalue weighted by Gasteiger charge is 2.40. The Morgan fingerprint density at radius 3 is 2.28 bits per heavy atom. The lowest BCUT2D eigenvalue weighted by Crippen LogP contribution is -2.59. The van der Waals surface area contributed by atoms with Crippen LogP contribution in [0.25, 0.3) is 0 Å². The molecule has 36 heavy (non-hydrogen) atoms. The first-order chi connectivity index (χ1) is 17.2. The zero-order chi connectivity index (χ0) is 25.9. The first-order valence-electron chi connectivity index (χ1n) is 12.1. The van der Waals surface area contributed by atoms with Crippen LogP contribution in [-0.2, 0) is 11.0 Å². The van der Waals surface area contributed by atoms with Gasteiger partial charge in [-0.15, -0.1) is 0 Å². The van der Waals surface area contributed by atoms with Gasteiger partial charge in [0.05, 0.1) is 23.1 Å². The van der Waals surface area contributed by atoms with E-state index in [-0.39, 0.29) is 12.2 Å². The molecule has 2 unspecified atom stereocenters. The molecular weight excluding hydrogens is 482 g/mol. The molecule has 8 nitrogen and oxygen atoms in total. The van der Waals surface area contributed by atoms with Crippen molar-refractivity contribution in [3.63, 3.8) is 0 Å². The van der Waals surface area contributed by atoms with Crippen molar-refractivity contribution in [2.45, 2.75) is 69.8 Å². The maximum atomic E-state index is 14.3. The van der Waals surface area contributed by atoms with Gasteiger partial charge in [-0.05, 0) is 37.8 Å². The van der Waals surface area contributed by atoms with E-state index in [9.17, 15) is 32.3 Å².